The van der Waals surface area contributed by atoms with Gasteiger partial charge in [0.25, 0.3) is 10.0 Å². The normalized spacial score (nSPS) is 24.0. The van der Waals surface area contributed by atoms with Gasteiger partial charge in [-0.15, -0.1) is 0 Å². The number of nitrogen functional groups attached to an aromatic ring is 1. The fourth-order valence-electron chi connectivity index (χ4n) is 2.09. The molecule has 0 aliphatic carbocycles. The number of sulfonamides is 1. The van der Waals surface area contributed by atoms with E-state index in [9.17, 15) is 18.5 Å². The highest BCUT2D eigenvalue weighted by Gasteiger charge is 2.37. The maximum atomic E-state index is 12.7. The van der Waals surface area contributed by atoms with E-state index in [1.54, 1.807) is 11.8 Å². The maximum absolute atomic E-state index is 12.7. The molecule has 0 aromatic carbocycles. The van der Waals surface area contributed by atoms with Crippen LogP contribution in [-0.2, 0) is 10.0 Å². The number of rotatable bonds is 4. The summed E-state index contributed by atoms with van der Waals surface area (Å²) in [6.45, 7) is 4.22. The molecule has 118 valence electrons. The van der Waals surface area contributed by atoms with Gasteiger partial charge in [0, 0.05) is 29.7 Å². The van der Waals surface area contributed by atoms with E-state index in [-0.39, 0.29) is 26.2 Å². The van der Waals surface area contributed by atoms with Gasteiger partial charge in [-0.05, 0) is 6.92 Å². The van der Waals surface area contributed by atoms with Crippen molar-refractivity contribution in [1.29, 1.82) is 0 Å². The molecular formula is C10H16N4O4S3. The first-order valence-corrected chi connectivity index (χ1v) is 9.48. The van der Waals surface area contributed by atoms with Gasteiger partial charge in [0.2, 0.25) is 0 Å². The first-order chi connectivity index (χ1) is 9.78. The van der Waals surface area contributed by atoms with Gasteiger partial charge in [-0.3, -0.25) is 10.1 Å². The molecule has 8 nitrogen and oxygen atoms in total. The van der Waals surface area contributed by atoms with Gasteiger partial charge < -0.3 is 5.43 Å². The first kappa shape index (κ1) is 16.5. The van der Waals surface area contributed by atoms with E-state index in [0.29, 0.717) is 12.3 Å². The van der Waals surface area contributed by atoms with Gasteiger partial charge in [0.05, 0.1) is 4.92 Å². The lowest BCUT2D eigenvalue weighted by Crippen LogP contribution is -2.47. The highest BCUT2D eigenvalue weighted by Crippen LogP contribution is 2.39. The second kappa shape index (κ2) is 6.08. The molecule has 1 fully saturated rings. The number of nitrogens with one attached hydrogen (secondary N) is 1. The third-order valence-corrected chi connectivity index (χ3v) is 8.24. The number of thioether (sulfide) groups is 1. The van der Waals surface area contributed by atoms with Crippen molar-refractivity contribution < 1.29 is 13.3 Å². The van der Waals surface area contributed by atoms with E-state index < -0.39 is 14.9 Å². The van der Waals surface area contributed by atoms with Crippen molar-refractivity contribution in [3.8, 4) is 0 Å². The fourth-order valence-corrected chi connectivity index (χ4v) is 6.45. The third kappa shape index (κ3) is 3.01. The number of anilines is 1. The van der Waals surface area contributed by atoms with Crippen molar-refractivity contribution in [2.24, 2.45) is 5.84 Å². The Morgan fingerprint density at radius 3 is 2.71 bits per heavy atom. The van der Waals surface area contributed by atoms with Crippen LogP contribution >= 0.6 is 23.1 Å². The number of hydrazine groups is 1. The molecule has 21 heavy (non-hydrogen) atoms. The molecule has 0 amide bonds. The zero-order valence-corrected chi connectivity index (χ0v) is 13.9. The van der Waals surface area contributed by atoms with Crippen LogP contribution in [0.3, 0.4) is 0 Å². The second-order valence-corrected chi connectivity index (χ2v) is 9.27. The van der Waals surface area contributed by atoms with Crippen molar-refractivity contribution in [1.82, 2.24) is 4.31 Å². The van der Waals surface area contributed by atoms with Crippen LogP contribution in [0.15, 0.2) is 10.3 Å². The summed E-state index contributed by atoms with van der Waals surface area (Å²) in [5.74, 6) is 5.93. The summed E-state index contributed by atoms with van der Waals surface area (Å²) in [5, 5.41) is 11.1. The molecule has 1 saturated heterocycles. The van der Waals surface area contributed by atoms with E-state index in [2.05, 4.69) is 5.43 Å². The number of nitrogens with two attached hydrogens (primary N) is 1. The molecule has 1 aliphatic heterocycles. The van der Waals surface area contributed by atoms with Crippen LogP contribution in [-0.4, -0.2) is 41.2 Å². The molecule has 2 unspecified atom stereocenters. The number of thiophene rings is 1. The van der Waals surface area contributed by atoms with E-state index in [1.165, 1.54) is 4.31 Å². The Hall–Kier alpha value is -0.880. The summed E-state index contributed by atoms with van der Waals surface area (Å²) in [7, 11) is -3.75. The van der Waals surface area contributed by atoms with Crippen molar-refractivity contribution in [3.05, 3.63) is 16.2 Å². The van der Waals surface area contributed by atoms with Crippen LogP contribution in [0.2, 0.25) is 0 Å². The smallest absolute Gasteiger partial charge is 0.306 e. The van der Waals surface area contributed by atoms with Crippen LogP contribution in [0.5, 0.6) is 0 Å². The third-order valence-electron chi connectivity index (χ3n) is 3.41. The Morgan fingerprint density at radius 1 is 1.52 bits per heavy atom. The fraction of sp³-hybridized carbons (Fsp3) is 0.600. The van der Waals surface area contributed by atoms with E-state index in [1.807, 2.05) is 13.8 Å². The standard InChI is InChI=1S/C10H16N4O4S3/c1-6-7(2)19-4-3-13(6)21(17,18)9-5-8(14(15)16)10(12-11)20-9/h5-7,12H,3-4,11H2,1-2H3. The van der Waals surface area contributed by atoms with Crippen molar-refractivity contribution in [2.75, 3.05) is 17.7 Å². The van der Waals surface area contributed by atoms with Crippen molar-refractivity contribution in [3.63, 3.8) is 0 Å². The summed E-state index contributed by atoms with van der Waals surface area (Å²) in [5.41, 5.74) is 1.86. The Bertz CT molecular complexity index is 645. The van der Waals surface area contributed by atoms with Crippen LogP contribution < -0.4 is 11.3 Å². The average Bonchev–Trinajstić information content (AvgIpc) is 2.86. The molecule has 0 bridgehead atoms. The van der Waals surface area contributed by atoms with Gasteiger partial charge in [-0.2, -0.15) is 16.1 Å². The molecule has 2 rings (SSSR count). The lowest BCUT2D eigenvalue weighted by molar-refractivity contribution is -0.383. The van der Waals surface area contributed by atoms with E-state index in [4.69, 9.17) is 5.84 Å². The number of hydrogen-bond acceptors (Lipinski definition) is 8. The molecule has 1 aliphatic rings. The molecule has 0 spiro atoms. The molecule has 1 aromatic rings. The largest absolute Gasteiger partial charge is 0.310 e. The Balaban J connectivity index is 2.42. The summed E-state index contributed by atoms with van der Waals surface area (Å²) in [6.07, 6.45) is 0. The summed E-state index contributed by atoms with van der Waals surface area (Å²) in [4.78, 5) is 10.3. The minimum Gasteiger partial charge on any atom is -0.310 e. The van der Waals surface area contributed by atoms with Gasteiger partial charge >= 0.3 is 5.69 Å². The molecule has 0 radical (unpaired) electrons. The van der Waals surface area contributed by atoms with Gasteiger partial charge in [-0.1, -0.05) is 18.3 Å². The van der Waals surface area contributed by atoms with Crippen molar-refractivity contribution in [2.45, 2.75) is 29.3 Å². The lowest BCUT2D eigenvalue weighted by Gasteiger charge is -2.35. The minimum atomic E-state index is -3.75. The first-order valence-electron chi connectivity index (χ1n) is 6.17. The van der Waals surface area contributed by atoms with Crippen LogP contribution in [0.4, 0.5) is 10.7 Å². The number of nitro groups is 1. The van der Waals surface area contributed by atoms with Crippen LogP contribution in [0, 0.1) is 10.1 Å². The molecule has 2 atom stereocenters. The SMILES string of the molecule is CC1SCCN(S(=O)(=O)c2cc([N+](=O)[O-])c(NN)s2)C1C. The zero-order chi connectivity index (χ0) is 15.8. The topological polar surface area (TPSA) is 119 Å². The average molecular weight is 352 g/mol. The molecule has 3 N–H and O–H groups in total. The van der Waals surface area contributed by atoms with E-state index in [0.717, 1.165) is 17.4 Å². The predicted octanol–water partition coefficient (Wildman–Crippen LogP) is 1.46. The molecular weight excluding hydrogens is 336 g/mol. The van der Waals surface area contributed by atoms with Gasteiger partial charge in [-0.25, -0.2) is 14.3 Å². The zero-order valence-electron chi connectivity index (χ0n) is 11.5. The quantitative estimate of drug-likeness (QED) is 0.478. The van der Waals surface area contributed by atoms with E-state index >= 15 is 0 Å². The van der Waals surface area contributed by atoms with Crippen LogP contribution in [0.25, 0.3) is 0 Å². The molecule has 1 aromatic heterocycles. The van der Waals surface area contributed by atoms with Gasteiger partial charge in [0.1, 0.15) is 4.21 Å². The molecule has 0 saturated carbocycles. The number of hydrogen-bond donors (Lipinski definition) is 2. The predicted molar refractivity (Wildman–Crippen MR) is 84.1 cm³/mol. The lowest BCUT2D eigenvalue weighted by atomic mass is 10.2. The summed E-state index contributed by atoms with van der Waals surface area (Å²) < 4.78 is 26.7. The Kier molecular flexibility index (Phi) is 4.78. The van der Waals surface area contributed by atoms with Crippen LogP contribution in [0.1, 0.15) is 13.8 Å². The Labute approximate surface area is 130 Å². The Morgan fingerprint density at radius 2 is 2.19 bits per heavy atom. The summed E-state index contributed by atoms with van der Waals surface area (Å²) in [6, 6.07) is 0.901. The highest BCUT2D eigenvalue weighted by molar-refractivity contribution is 8.00. The minimum absolute atomic E-state index is 0.0330. The summed E-state index contributed by atoms with van der Waals surface area (Å²) >= 11 is 2.49. The number of nitrogens with zero attached hydrogens (tertiary/aromatic N) is 2. The monoisotopic (exact) mass is 352 g/mol. The molecule has 11 heteroatoms. The second-order valence-electron chi connectivity index (χ2n) is 4.61. The van der Waals surface area contributed by atoms with Crippen molar-refractivity contribution >= 4 is 43.8 Å². The maximum Gasteiger partial charge on any atom is 0.306 e. The van der Waals surface area contributed by atoms with Gasteiger partial charge in [0.15, 0.2) is 5.00 Å². The molecule has 2 heterocycles. The highest BCUT2D eigenvalue weighted by atomic mass is 32.2.